The zero-order valence-corrected chi connectivity index (χ0v) is 22.9. The van der Waals surface area contributed by atoms with E-state index in [-0.39, 0.29) is 28.3 Å². The molecule has 14 heteroatoms. The van der Waals surface area contributed by atoms with Crippen LogP contribution in [0.25, 0.3) is 16.5 Å². The summed E-state index contributed by atoms with van der Waals surface area (Å²) in [6.07, 6.45) is 7.22. The van der Waals surface area contributed by atoms with E-state index < -0.39 is 18.1 Å². The van der Waals surface area contributed by atoms with Gasteiger partial charge in [0, 0.05) is 48.9 Å². The molecule has 10 nitrogen and oxygen atoms in total. The third-order valence-corrected chi connectivity index (χ3v) is 8.32. The minimum absolute atomic E-state index is 0.0279. The van der Waals surface area contributed by atoms with Crippen LogP contribution in [0.2, 0.25) is 0 Å². The number of halogens is 3. The zero-order chi connectivity index (χ0) is 28.7. The smallest absolute Gasteiger partial charge is 0.368 e. The van der Waals surface area contributed by atoms with E-state index in [1.54, 1.807) is 24.0 Å². The maximum atomic E-state index is 13.3. The number of amides is 1. The number of rotatable bonds is 7. The van der Waals surface area contributed by atoms with Crippen LogP contribution in [0.3, 0.4) is 0 Å². The number of aromatic nitrogens is 6. The average molecular weight is 582 g/mol. The summed E-state index contributed by atoms with van der Waals surface area (Å²) in [5, 5.41) is 13.8. The topological polar surface area (TPSA) is 118 Å². The van der Waals surface area contributed by atoms with Crippen molar-refractivity contribution in [2.75, 3.05) is 23.3 Å². The Bertz CT molecular complexity index is 1610. The molecule has 1 aliphatic heterocycles. The van der Waals surface area contributed by atoms with Crippen LogP contribution in [0.1, 0.15) is 60.7 Å². The first-order valence-electron chi connectivity index (χ1n) is 13.3. The molecule has 2 aliphatic rings. The van der Waals surface area contributed by atoms with Crippen molar-refractivity contribution in [3.05, 3.63) is 53.9 Å². The van der Waals surface area contributed by atoms with Gasteiger partial charge in [-0.15, -0.1) is 11.3 Å². The van der Waals surface area contributed by atoms with Gasteiger partial charge in [0.25, 0.3) is 5.91 Å². The second-order valence-electron chi connectivity index (χ2n) is 10.3. The highest BCUT2D eigenvalue weighted by Crippen LogP contribution is 2.40. The van der Waals surface area contributed by atoms with Gasteiger partial charge in [-0.05, 0) is 38.7 Å². The number of pyridine rings is 1. The predicted octanol–water partition coefficient (Wildman–Crippen LogP) is 5.58. The number of carbonyl (C=O) groups is 1. The van der Waals surface area contributed by atoms with Crippen LogP contribution in [0.15, 0.2) is 42.6 Å². The first-order valence-corrected chi connectivity index (χ1v) is 14.1. The molecule has 0 unspecified atom stereocenters. The Hall–Kier alpha value is -4.25. The van der Waals surface area contributed by atoms with Gasteiger partial charge in [0.15, 0.2) is 10.8 Å². The van der Waals surface area contributed by atoms with Gasteiger partial charge in [0.1, 0.15) is 17.6 Å². The van der Waals surface area contributed by atoms with Crippen LogP contribution in [0.5, 0.6) is 0 Å². The number of thiazole rings is 1. The van der Waals surface area contributed by atoms with Crippen molar-refractivity contribution in [3.63, 3.8) is 0 Å². The third kappa shape index (κ3) is 5.54. The maximum Gasteiger partial charge on any atom is 0.408 e. The molecule has 0 spiro atoms. The molecular formula is C27H26F3N9OS. The summed E-state index contributed by atoms with van der Waals surface area (Å²) in [5.74, 6) is 0.238. The lowest BCUT2D eigenvalue weighted by Gasteiger charge is -2.32. The van der Waals surface area contributed by atoms with Crippen LogP contribution in [-0.2, 0) is 0 Å². The number of nitrogens with zero attached hydrogens (tertiary/aromatic N) is 8. The molecular weight excluding hydrogens is 555 g/mol. The minimum Gasteiger partial charge on any atom is -0.368 e. The number of piperidine rings is 1. The van der Waals surface area contributed by atoms with Crippen LogP contribution in [0, 0.1) is 17.2 Å². The first-order chi connectivity index (χ1) is 19.7. The summed E-state index contributed by atoms with van der Waals surface area (Å²) < 4.78 is 42.8. The van der Waals surface area contributed by atoms with Crippen molar-refractivity contribution >= 4 is 28.7 Å². The summed E-state index contributed by atoms with van der Waals surface area (Å²) >= 11 is 1.08. The number of nitriles is 1. The summed E-state index contributed by atoms with van der Waals surface area (Å²) in [5.41, 5.74) is 2.76. The molecule has 1 N–H and O–H groups in total. The van der Waals surface area contributed by atoms with Crippen LogP contribution < -0.4 is 10.2 Å². The Morgan fingerprint density at radius 3 is 2.66 bits per heavy atom. The van der Waals surface area contributed by atoms with E-state index in [0.717, 1.165) is 65.6 Å². The van der Waals surface area contributed by atoms with E-state index in [4.69, 9.17) is 0 Å². The van der Waals surface area contributed by atoms with E-state index in [1.165, 1.54) is 12.4 Å². The molecule has 0 radical (unpaired) electrons. The summed E-state index contributed by atoms with van der Waals surface area (Å²) in [6, 6.07) is 2.27. The minimum atomic E-state index is -4.44. The summed E-state index contributed by atoms with van der Waals surface area (Å²) in [6.45, 7) is 2.45. The number of hydrogen-bond donors (Lipinski definition) is 1. The lowest BCUT2D eigenvalue weighted by atomic mass is 9.98. The summed E-state index contributed by atoms with van der Waals surface area (Å²) in [4.78, 5) is 32.8. The van der Waals surface area contributed by atoms with Gasteiger partial charge in [-0.3, -0.25) is 4.79 Å². The van der Waals surface area contributed by atoms with Gasteiger partial charge in [0.2, 0.25) is 0 Å². The quantitative estimate of drug-likeness (QED) is 0.303. The fourth-order valence-corrected chi connectivity index (χ4v) is 5.63. The highest BCUT2D eigenvalue weighted by molar-refractivity contribution is 7.13. The first kappa shape index (κ1) is 26.9. The molecule has 6 rings (SSSR count). The van der Waals surface area contributed by atoms with Crippen molar-refractivity contribution in [2.45, 2.75) is 50.7 Å². The second kappa shape index (κ2) is 10.6. The molecule has 4 aromatic heterocycles. The largest absolute Gasteiger partial charge is 0.408 e. The lowest BCUT2D eigenvalue weighted by molar-refractivity contribution is -0.162. The van der Waals surface area contributed by atoms with Crippen molar-refractivity contribution < 1.29 is 18.0 Å². The van der Waals surface area contributed by atoms with E-state index in [1.807, 2.05) is 10.8 Å². The van der Waals surface area contributed by atoms with Crippen molar-refractivity contribution in [2.24, 2.45) is 5.92 Å². The number of carbonyl (C=O) groups excluding carboxylic acids is 1. The molecule has 212 valence electrons. The van der Waals surface area contributed by atoms with E-state index in [2.05, 4.69) is 36.2 Å². The molecule has 5 heterocycles. The monoisotopic (exact) mass is 581 g/mol. The van der Waals surface area contributed by atoms with Gasteiger partial charge in [-0.25, -0.2) is 19.9 Å². The van der Waals surface area contributed by atoms with Gasteiger partial charge >= 0.3 is 6.18 Å². The fraction of sp³-hybridized carbons (Fsp3) is 0.407. The van der Waals surface area contributed by atoms with Gasteiger partial charge < -0.3 is 19.4 Å². The number of imidazole rings is 2. The Morgan fingerprint density at radius 2 is 1.95 bits per heavy atom. The second-order valence-corrected chi connectivity index (χ2v) is 11.2. The standard InChI is InChI=1S/C27H26F3N9OS/c1-16(27(28,29)30)39-9-6-32-24(39)26-36-23(14-41-26)35-25(40)19-10-21(38-13-20(34-15-38)18-2-3-18)22(12-33-19)37-7-4-17(11-31)5-8-37/h6,9-10,12-18H,2-5,7-8H2,1H3,(H,35,40)/t16-/m0/s1. The Kier molecular flexibility index (Phi) is 6.98. The number of hydrogen-bond acceptors (Lipinski definition) is 8. The third-order valence-electron chi connectivity index (χ3n) is 7.49. The zero-order valence-electron chi connectivity index (χ0n) is 22.0. The number of nitrogens with one attached hydrogen (secondary N) is 1. The summed E-state index contributed by atoms with van der Waals surface area (Å²) in [7, 11) is 0. The van der Waals surface area contributed by atoms with Crippen molar-refractivity contribution in [1.82, 2.24) is 29.1 Å². The number of anilines is 2. The predicted molar refractivity (Wildman–Crippen MR) is 146 cm³/mol. The lowest BCUT2D eigenvalue weighted by Crippen LogP contribution is -2.34. The number of alkyl halides is 3. The van der Waals surface area contributed by atoms with Crippen LogP contribution >= 0.6 is 11.3 Å². The van der Waals surface area contributed by atoms with Gasteiger partial charge in [-0.2, -0.15) is 18.4 Å². The SMILES string of the molecule is C[C@H](n1ccnc1-c1nc(NC(=O)c2cc(-n3cnc(C4CC4)c3)c(N3CCC(C#N)CC3)cn2)cs1)C(F)(F)F. The Balaban J connectivity index is 1.25. The molecule has 1 aliphatic carbocycles. The van der Waals surface area contributed by atoms with Gasteiger partial charge in [-0.1, -0.05) is 0 Å². The average Bonchev–Trinajstić information content (AvgIpc) is 3.32. The molecule has 1 amide bonds. The Labute approximate surface area is 237 Å². The van der Waals surface area contributed by atoms with Gasteiger partial charge in [0.05, 0.1) is 35.7 Å². The van der Waals surface area contributed by atoms with Crippen molar-refractivity contribution in [1.29, 1.82) is 5.26 Å². The van der Waals surface area contributed by atoms with E-state index in [9.17, 15) is 23.2 Å². The van der Waals surface area contributed by atoms with Crippen molar-refractivity contribution in [3.8, 4) is 22.6 Å². The maximum absolute atomic E-state index is 13.3. The van der Waals surface area contributed by atoms with E-state index in [0.29, 0.717) is 19.0 Å². The molecule has 1 atom stereocenters. The molecule has 2 fully saturated rings. The molecule has 1 saturated carbocycles. The molecule has 1 saturated heterocycles. The van der Waals surface area contributed by atoms with Crippen LogP contribution in [-0.4, -0.2) is 54.2 Å². The molecule has 41 heavy (non-hydrogen) atoms. The Morgan fingerprint density at radius 1 is 1.17 bits per heavy atom. The fourth-order valence-electron chi connectivity index (χ4n) is 4.88. The normalized spacial score (nSPS) is 16.9. The molecule has 0 bridgehead atoms. The highest BCUT2D eigenvalue weighted by atomic mass is 32.1. The van der Waals surface area contributed by atoms with E-state index >= 15 is 0 Å². The van der Waals surface area contributed by atoms with Crippen LogP contribution in [0.4, 0.5) is 24.7 Å². The molecule has 4 aromatic rings. The highest BCUT2D eigenvalue weighted by Gasteiger charge is 2.38. The molecule has 0 aromatic carbocycles.